The zero-order valence-corrected chi connectivity index (χ0v) is 12.5. The van der Waals surface area contributed by atoms with Crippen molar-refractivity contribution in [1.82, 2.24) is 9.97 Å². The molecule has 0 spiro atoms. The second kappa shape index (κ2) is 5.67. The smallest absolute Gasteiger partial charge is 0.135 e. The predicted octanol–water partition coefficient (Wildman–Crippen LogP) is 4.51. The van der Waals surface area contributed by atoms with Crippen molar-refractivity contribution < 1.29 is 0 Å². The van der Waals surface area contributed by atoms with Gasteiger partial charge in [0.2, 0.25) is 0 Å². The summed E-state index contributed by atoms with van der Waals surface area (Å²) in [4.78, 5) is 8.69. The second-order valence-corrected chi connectivity index (χ2v) is 5.12. The molecule has 1 aromatic carbocycles. The minimum Gasteiger partial charge on any atom is -0.339 e. The molecular formula is C13H13BrClN3. The number of aromatic nitrogens is 2. The number of nitrogens with zero attached hydrogens (tertiary/aromatic N) is 2. The van der Waals surface area contributed by atoms with Gasteiger partial charge in [-0.15, -0.1) is 0 Å². The maximum absolute atomic E-state index is 6.18. The lowest BCUT2D eigenvalue weighted by atomic mass is 10.2. The number of hydrogen-bond acceptors (Lipinski definition) is 3. The van der Waals surface area contributed by atoms with E-state index in [0.717, 1.165) is 33.9 Å². The minimum atomic E-state index is 0.683. The molecule has 0 aliphatic carbocycles. The van der Waals surface area contributed by atoms with Crippen molar-refractivity contribution in [3.63, 3.8) is 0 Å². The van der Waals surface area contributed by atoms with Crippen LogP contribution in [-0.2, 0) is 6.42 Å². The number of anilines is 2. The van der Waals surface area contributed by atoms with Gasteiger partial charge in [0, 0.05) is 12.5 Å². The van der Waals surface area contributed by atoms with E-state index in [1.165, 1.54) is 0 Å². The average molecular weight is 327 g/mol. The average Bonchev–Trinajstić information content (AvgIpc) is 2.33. The van der Waals surface area contributed by atoms with Crippen LogP contribution in [-0.4, -0.2) is 9.97 Å². The summed E-state index contributed by atoms with van der Waals surface area (Å²) in [5, 5.41) is 3.93. The van der Waals surface area contributed by atoms with Crippen LogP contribution in [0.1, 0.15) is 18.3 Å². The van der Waals surface area contributed by atoms with E-state index in [4.69, 9.17) is 11.6 Å². The second-order valence-electron chi connectivity index (χ2n) is 3.90. The highest BCUT2D eigenvalue weighted by Crippen LogP contribution is 2.28. The quantitative estimate of drug-likeness (QED) is 0.843. The summed E-state index contributed by atoms with van der Waals surface area (Å²) in [6, 6.07) is 7.62. The number of aryl methyl sites for hydroxylation is 2. The van der Waals surface area contributed by atoms with Crippen LogP contribution in [0.15, 0.2) is 28.9 Å². The fraction of sp³-hybridized carbons (Fsp3) is 0.231. The first-order valence-electron chi connectivity index (χ1n) is 5.65. The first kappa shape index (κ1) is 13.3. The number of nitrogens with one attached hydrogen (secondary N) is 1. The molecule has 1 aromatic heterocycles. The standard InChI is InChI=1S/C13H13BrClN3/c1-3-11-16-10(14)7-12(17-11)18-13-8(2)5-4-6-9(13)15/h4-7H,3H2,1-2H3,(H,16,17,18). The molecule has 0 atom stereocenters. The van der Waals surface area contributed by atoms with E-state index < -0.39 is 0 Å². The topological polar surface area (TPSA) is 37.8 Å². The Morgan fingerprint density at radius 1 is 1.33 bits per heavy atom. The number of rotatable bonds is 3. The molecule has 0 amide bonds. The number of benzene rings is 1. The third-order valence-corrected chi connectivity index (χ3v) is 3.25. The monoisotopic (exact) mass is 325 g/mol. The van der Waals surface area contributed by atoms with Gasteiger partial charge in [0.1, 0.15) is 16.2 Å². The Balaban J connectivity index is 2.37. The van der Waals surface area contributed by atoms with Gasteiger partial charge in [-0.05, 0) is 34.5 Å². The highest BCUT2D eigenvalue weighted by Gasteiger charge is 2.07. The lowest BCUT2D eigenvalue weighted by Crippen LogP contribution is -2.01. The molecule has 2 rings (SSSR count). The fourth-order valence-electron chi connectivity index (χ4n) is 1.61. The first-order chi connectivity index (χ1) is 8.60. The molecule has 2 aromatic rings. The molecular weight excluding hydrogens is 314 g/mol. The molecule has 0 saturated heterocycles. The van der Waals surface area contributed by atoms with Gasteiger partial charge < -0.3 is 5.32 Å². The van der Waals surface area contributed by atoms with Crippen LogP contribution < -0.4 is 5.32 Å². The van der Waals surface area contributed by atoms with E-state index in [0.29, 0.717) is 5.02 Å². The molecule has 3 nitrogen and oxygen atoms in total. The zero-order valence-electron chi connectivity index (χ0n) is 10.2. The third kappa shape index (κ3) is 3.00. The summed E-state index contributed by atoms with van der Waals surface area (Å²) in [5.74, 6) is 1.53. The molecule has 5 heteroatoms. The third-order valence-electron chi connectivity index (χ3n) is 2.53. The van der Waals surface area contributed by atoms with Crippen molar-refractivity contribution in [3.8, 4) is 0 Å². The van der Waals surface area contributed by atoms with Gasteiger partial charge in [0.05, 0.1) is 10.7 Å². The molecule has 18 heavy (non-hydrogen) atoms. The Labute approximate surface area is 120 Å². The van der Waals surface area contributed by atoms with E-state index >= 15 is 0 Å². The summed E-state index contributed by atoms with van der Waals surface area (Å²) in [6.07, 6.45) is 0.787. The van der Waals surface area contributed by atoms with Crippen LogP contribution in [0.25, 0.3) is 0 Å². The summed E-state index contributed by atoms with van der Waals surface area (Å²) in [6.45, 7) is 4.03. The Morgan fingerprint density at radius 3 is 2.78 bits per heavy atom. The zero-order chi connectivity index (χ0) is 13.1. The number of hydrogen-bond donors (Lipinski definition) is 1. The Bertz CT molecular complexity index is 552. The molecule has 0 aliphatic heterocycles. The lowest BCUT2D eigenvalue weighted by molar-refractivity contribution is 0.931. The van der Waals surface area contributed by atoms with Crippen molar-refractivity contribution in [1.29, 1.82) is 0 Å². The van der Waals surface area contributed by atoms with Crippen LogP contribution in [0.3, 0.4) is 0 Å². The van der Waals surface area contributed by atoms with Crippen molar-refractivity contribution in [2.24, 2.45) is 0 Å². The van der Waals surface area contributed by atoms with Crippen molar-refractivity contribution in [2.75, 3.05) is 5.32 Å². The molecule has 0 radical (unpaired) electrons. The van der Waals surface area contributed by atoms with E-state index in [1.54, 1.807) is 0 Å². The van der Waals surface area contributed by atoms with Gasteiger partial charge in [-0.1, -0.05) is 30.7 Å². The molecule has 0 aliphatic rings. The van der Waals surface area contributed by atoms with E-state index in [9.17, 15) is 0 Å². The van der Waals surface area contributed by atoms with E-state index in [2.05, 4.69) is 31.2 Å². The summed E-state index contributed by atoms with van der Waals surface area (Å²) in [5.41, 5.74) is 1.96. The normalized spacial score (nSPS) is 10.4. The highest BCUT2D eigenvalue weighted by molar-refractivity contribution is 9.10. The molecule has 0 bridgehead atoms. The van der Waals surface area contributed by atoms with Gasteiger partial charge in [0.25, 0.3) is 0 Å². The van der Waals surface area contributed by atoms with E-state index in [1.807, 2.05) is 38.1 Å². The van der Waals surface area contributed by atoms with Crippen molar-refractivity contribution in [2.45, 2.75) is 20.3 Å². The fourth-order valence-corrected chi connectivity index (χ4v) is 2.30. The van der Waals surface area contributed by atoms with Gasteiger partial charge in [0.15, 0.2) is 0 Å². The van der Waals surface area contributed by atoms with Crippen LogP contribution in [0.2, 0.25) is 5.02 Å². The molecule has 1 heterocycles. The van der Waals surface area contributed by atoms with Gasteiger partial charge in [-0.3, -0.25) is 0 Å². The lowest BCUT2D eigenvalue weighted by Gasteiger charge is -2.11. The molecule has 0 unspecified atom stereocenters. The predicted molar refractivity (Wildman–Crippen MR) is 78.6 cm³/mol. The number of halogens is 2. The van der Waals surface area contributed by atoms with Gasteiger partial charge in [-0.25, -0.2) is 9.97 Å². The van der Waals surface area contributed by atoms with Crippen molar-refractivity contribution >= 4 is 39.0 Å². The summed E-state index contributed by atoms with van der Waals surface area (Å²) in [7, 11) is 0. The largest absolute Gasteiger partial charge is 0.339 e. The van der Waals surface area contributed by atoms with Crippen LogP contribution >= 0.6 is 27.5 Å². The van der Waals surface area contributed by atoms with Crippen LogP contribution in [0.4, 0.5) is 11.5 Å². The summed E-state index contributed by atoms with van der Waals surface area (Å²) >= 11 is 9.56. The van der Waals surface area contributed by atoms with Crippen molar-refractivity contribution in [3.05, 3.63) is 45.3 Å². The molecule has 94 valence electrons. The molecule has 0 saturated carbocycles. The Kier molecular flexibility index (Phi) is 4.19. The molecule has 1 N–H and O–H groups in total. The van der Waals surface area contributed by atoms with Crippen LogP contribution in [0.5, 0.6) is 0 Å². The van der Waals surface area contributed by atoms with Gasteiger partial charge in [-0.2, -0.15) is 0 Å². The molecule has 0 fully saturated rings. The Hall–Kier alpha value is -1.13. The summed E-state index contributed by atoms with van der Waals surface area (Å²) < 4.78 is 0.765. The maximum Gasteiger partial charge on any atom is 0.135 e. The van der Waals surface area contributed by atoms with E-state index in [-0.39, 0.29) is 0 Å². The SMILES string of the molecule is CCc1nc(Br)cc(Nc2c(C)cccc2Cl)n1. The Morgan fingerprint density at radius 2 is 2.11 bits per heavy atom. The first-order valence-corrected chi connectivity index (χ1v) is 6.83. The van der Waals surface area contributed by atoms with Gasteiger partial charge >= 0.3 is 0 Å². The van der Waals surface area contributed by atoms with Crippen LogP contribution in [0, 0.1) is 6.92 Å². The maximum atomic E-state index is 6.18. The number of para-hydroxylation sites is 1. The minimum absolute atomic E-state index is 0.683. The highest BCUT2D eigenvalue weighted by atomic mass is 79.9.